The van der Waals surface area contributed by atoms with E-state index in [9.17, 15) is 0 Å². The van der Waals surface area contributed by atoms with Gasteiger partial charge in [-0.25, -0.2) is 0 Å². The number of aromatic nitrogens is 4. The van der Waals surface area contributed by atoms with E-state index >= 15 is 0 Å². The van der Waals surface area contributed by atoms with Crippen LogP contribution in [0.15, 0.2) is 43.0 Å². The molecule has 0 aliphatic heterocycles. The van der Waals surface area contributed by atoms with Gasteiger partial charge >= 0.3 is 0 Å². The second-order valence-corrected chi connectivity index (χ2v) is 5.37. The van der Waals surface area contributed by atoms with Crippen LogP contribution in [-0.2, 0) is 13.0 Å². The lowest BCUT2D eigenvalue weighted by molar-refractivity contribution is 0.619. The first-order valence-electron chi connectivity index (χ1n) is 7.82. The molecule has 3 rings (SSSR count). The molecule has 0 atom stereocenters. The topological polar surface area (TPSA) is 55.6 Å². The summed E-state index contributed by atoms with van der Waals surface area (Å²) in [5, 5.41) is 12.4. The SMILES string of the molecule is CCc1cc(NCCCCn2cnnc2)c2ccccc2n1. The van der Waals surface area contributed by atoms with Crippen molar-refractivity contribution in [3.8, 4) is 0 Å². The molecule has 5 heteroatoms. The van der Waals surface area contributed by atoms with Crippen molar-refractivity contribution in [2.75, 3.05) is 11.9 Å². The molecule has 0 saturated carbocycles. The number of anilines is 1. The van der Waals surface area contributed by atoms with Crippen molar-refractivity contribution in [3.63, 3.8) is 0 Å². The smallest absolute Gasteiger partial charge is 0.119 e. The highest BCUT2D eigenvalue weighted by Gasteiger charge is 2.04. The third-order valence-electron chi connectivity index (χ3n) is 3.76. The van der Waals surface area contributed by atoms with E-state index in [0.717, 1.165) is 43.6 Å². The minimum Gasteiger partial charge on any atom is -0.384 e. The normalized spacial score (nSPS) is 11.0. The van der Waals surface area contributed by atoms with Gasteiger partial charge in [0.15, 0.2) is 0 Å². The number of nitrogens with zero attached hydrogens (tertiary/aromatic N) is 4. The van der Waals surface area contributed by atoms with E-state index in [2.05, 4.69) is 51.7 Å². The van der Waals surface area contributed by atoms with Crippen LogP contribution in [0.4, 0.5) is 5.69 Å². The van der Waals surface area contributed by atoms with E-state index in [4.69, 9.17) is 0 Å². The van der Waals surface area contributed by atoms with Gasteiger partial charge in [-0.1, -0.05) is 25.1 Å². The first kappa shape index (κ1) is 14.5. The average Bonchev–Trinajstić information content (AvgIpc) is 3.07. The Morgan fingerprint density at radius 1 is 1.09 bits per heavy atom. The summed E-state index contributed by atoms with van der Waals surface area (Å²) in [6, 6.07) is 10.5. The first-order chi connectivity index (χ1) is 10.9. The minimum atomic E-state index is 0.952. The second kappa shape index (κ2) is 7.02. The fourth-order valence-corrected chi connectivity index (χ4v) is 2.54. The van der Waals surface area contributed by atoms with Crippen molar-refractivity contribution in [1.29, 1.82) is 0 Å². The molecule has 2 heterocycles. The number of hydrogen-bond donors (Lipinski definition) is 1. The molecular weight excluding hydrogens is 274 g/mol. The number of nitrogens with one attached hydrogen (secondary N) is 1. The van der Waals surface area contributed by atoms with Crippen LogP contribution in [0.5, 0.6) is 0 Å². The molecule has 0 bridgehead atoms. The quantitative estimate of drug-likeness (QED) is 0.680. The highest BCUT2D eigenvalue weighted by atomic mass is 15.2. The van der Waals surface area contributed by atoms with Crippen LogP contribution in [0.1, 0.15) is 25.5 Å². The molecule has 22 heavy (non-hydrogen) atoms. The molecule has 0 radical (unpaired) electrons. The molecule has 1 aromatic carbocycles. The minimum absolute atomic E-state index is 0.952. The molecule has 0 aliphatic carbocycles. The van der Waals surface area contributed by atoms with Gasteiger partial charge in [-0.2, -0.15) is 0 Å². The van der Waals surface area contributed by atoms with Crippen LogP contribution >= 0.6 is 0 Å². The zero-order chi connectivity index (χ0) is 15.2. The highest BCUT2D eigenvalue weighted by Crippen LogP contribution is 2.23. The summed E-state index contributed by atoms with van der Waals surface area (Å²) in [5.74, 6) is 0. The van der Waals surface area contributed by atoms with Crippen molar-refractivity contribution in [3.05, 3.63) is 48.7 Å². The maximum atomic E-state index is 4.68. The highest BCUT2D eigenvalue weighted by molar-refractivity contribution is 5.91. The predicted octanol–water partition coefficient (Wildman–Crippen LogP) is 3.28. The van der Waals surface area contributed by atoms with Gasteiger partial charge in [-0.3, -0.25) is 4.98 Å². The van der Waals surface area contributed by atoms with Crippen molar-refractivity contribution >= 4 is 16.6 Å². The van der Waals surface area contributed by atoms with Gasteiger partial charge in [0.05, 0.1) is 5.52 Å². The number of pyridine rings is 1. The summed E-state index contributed by atoms with van der Waals surface area (Å²) < 4.78 is 2.01. The van der Waals surface area contributed by atoms with Gasteiger partial charge in [-0.15, -0.1) is 10.2 Å². The Bertz CT molecular complexity index is 721. The first-order valence-corrected chi connectivity index (χ1v) is 7.82. The number of rotatable bonds is 7. The Morgan fingerprint density at radius 3 is 2.73 bits per heavy atom. The van der Waals surface area contributed by atoms with Crippen LogP contribution < -0.4 is 5.32 Å². The lowest BCUT2D eigenvalue weighted by Crippen LogP contribution is -2.05. The Balaban J connectivity index is 1.60. The zero-order valence-corrected chi connectivity index (χ0v) is 12.9. The molecule has 1 N–H and O–H groups in total. The van der Waals surface area contributed by atoms with Crippen molar-refractivity contribution < 1.29 is 0 Å². The van der Waals surface area contributed by atoms with Gasteiger partial charge < -0.3 is 9.88 Å². The van der Waals surface area contributed by atoms with E-state index in [1.54, 1.807) is 12.7 Å². The summed E-state index contributed by atoms with van der Waals surface area (Å²) >= 11 is 0. The summed E-state index contributed by atoms with van der Waals surface area (Å²) in [4.78, 5) is 4.68. The van der Waals surface area contributed by atoms with Crippen LogP contribution in [0.2, 0.25) is 0 Å². The third kappa shape index (κ3) is 3.42. The average molecular weight is 295 g/mol. The van der Waals surface area contributed by atoms with Crippen molar-refractivity contribution in [2.24, 2.45) is 0 Å². The van der Waals surface area contributed by atoms with Gasteiger partial charge in [0.25, 0.3) is 0 Å². The fraction of sp³-hybridized carbons (Fsp3) is 0.353. The van der Waals surface area contributed by atoms with Crippen molar-refractivity contribution in [2.45, 2.75) is 32.7 Å². The zero-order valence-electron chi connectivity index (χ0n) is 12.9. The monoisotopic (exact) mass is 295 g/mol. The van der Waals surface area contributed by atoms with Gasteiger partial charge in [0.2, 0.25) is 0 Å². The molecule has 0 aliphatic rings. The third-order valence-corrected chi connectivity index (χ3v) is 3.76. The molecule has 0 spiro atoms. The number of benzene rings is 1. The largest absolute Gasteiger partial charge is 0.384 e. The predicted molar refractivity (Wildman–Crippen MR) is 88.9 cm³/mol. The molecule has 0 fully saturated rings. The maximum Gasteiger partial charge on any atom is 0.119 e. The Morgan fingerprint density at radius 2 is 1.91 bits per heavy atom. The molecule has 114 valence electrons. The van der Waals surface area contributed by atoms with Gasteiger partial charge in [0, 0.05) is 29.9 Å². The van der Waals surface area contributed by atoms with E-state index < -0.39 is 0 Å². The number of hydrogen-bond acceptors (Lipinski definition) is 4. The molecule has 3 aromatic rings. The lowest BCUT2D eigenvalue weighted by atomic mass is 10.1. The lowest BCUT2D eigenvalue weighted by Gasteiger charge is -2.11. The number of aryl methyl sites for hydroxylation is 2. The van der Waals surface area contributed by atoms with Crippen LogP contribution in [0.3, 0.4) is 0 Å². The molecular formula is C17H21N5. The summed E-state index contributed by atoms with van der Waals surface area (Å²) in [5.41, 5.74) is 3.38. The van der Waals surface area contributed by atoms with E-state index in [1.165, 1.54) is 11.1 Å². The van der Waals surface area contributed by atoms with Gasteiger partial charge in [-0.05, 0) is 31.4 Å². The molecule has 5 nitrogen and oxygen atoms in total. The molecule has 0 amide bonds. The number of para-hydroxylation sites is 1. The summed E-state index contributed by atoms with van der Waals surface area (Å²) in [6.07, 6.45) is 6.69. The van der Waals surface area contributed by atoms with E-state index in [0.29, 0.717) is 0 Å². The van der Waals surface area contributed by atoms with E-state index in [1.807, 2.05) is 10.6 Å². The Kier molecular flexibility index (Phi) is 4.63. The Hall–Kier alpha value is -2.43. The maximum absolute atomic E-state index is 4.68. The summed E-state index contributed by atoms with van der Waals surface area (Å²) in [7, 11) is 0. The fourth-order valence-electron chi connectivity index (χ4n) is 2.54. The molecule has 0 saturated heterocycles. The van der Waals surface area contributed by atoms with Crippen LogP contribution in [0, 0.1) is 0 Å². The number of fused-ring (bicyclic) bond motifs is 1. The Labute approximate surface area is 130 Å². The molecule has 2 aromatic heterocycles. The van der Waals surface area contributed by atoms with Crippen LogP contribution in [0.25, 0.3) is 10.9 Å². The van der Waals surface area contributed by atoms with E-state index in [-0.39, 0.29) is 0 Å². The van der Waals surface area contributed by atoms with Crippen molar-refractivity contribution in [1.82, 2.24) is 19.7 Å². The molecule has 0 unspecified atom stereocenters. The standard InChI is InChI=1S/C17H21N5/c1-2-14-11-17(15-7-3-4-8-16(15)21-14)18-9-5-6-10-22-12-19-20-13-22/h3-4,7-8,11-13H,2,5-6,9-10H2,1H3,(H,18,21). The second-order valence-electron chi connectivity index (χ2n) is 5.37. The van der Waals surface area contributed by atoms with Crippen LogP contribution in [-0.4, -0.2) is 26.3 Å². The van der Waals surface area contributed by atoms with Gasteiger partial charge in [0.1, 0.15) is 12.7 Å². The summed E-state index contributed by atoms with van der Waals surface area (Å²) in [6.45, 7) is 4.06. The number of unbranched alkanes of at least 4 members (excludes halogenated alkanes) is 1.